The molecule has 90 valence electrons. The van der Waals surface area contributed by atoms with Gasteiger partial charge in [0.05, 0.1) is 11.7 Å². The maximum atomic E-state index is 6.09. The predicted octanol–water partition coefficient (Wildman–Crippen LogP) is 1.07. The highest BCUT2D eigenvalue weighted by molar-refractivity contribution is 5.12. The molecule has 0 aliphatic carbocycles. The molecule has 17 heavy (non-hydrogen) atoms. The van der Waals surface area contributed by atoms with E-state index < -0.39 is 0 Å². The van der Waals surface area contributed by atoms with Crippen LogP contribution in [0.2, 0.25) is 0 Å². The molecule has 0 aliphatic heterocycles. The monoisotopic (exact) mass is 231 g/mol. The van der Waals surface area contributed by atoms with Crippen LogP contribution in [0.5, 0.6) is 0 Å². The fourth-order valence-electron chi connectivity index (χ4n) is 1.77. The van der Waals surface area contributed by atoms with Gasteiger partial charge in [0.15, 0.2) is 0 Å². The molecule has 2 heterocycles. The lowest BCUT2D eigenvalue weighted by Crippen LogP contribution is -2.18. The molecule has 0 aliphatic rings. The Bertz CT molecular complexity index is 500. The summed E-state index contributed by atoms with van der Waals surface area (Å²) in [6.45, 7) is 3.93. The average Bonchev–Trinajstić information content (AvgIpc) is 2.58. The van der Waals surface area contributed by atoms with Crippen molar-refractivity contribution < 1.29 is 0 Å². The third-order valence-electron chi connectivity index (χ3n) is 2.66. The van der Waals surface area contributed by atoms with Gasteiger partial charge in [-0.05, 0) is 25.5 Å². The highest BCUT2D eigenvalue weighted by Gasteiger charge is 2.12. The van der Waals surface area contributed by atoms with Crippen molar-refractivity contribution in [2.75, 3.05) is 0 Å². The first-order chi connectivity index (χ1) is 8.06. The Kier molecular flexibility index (Phi) is 3.19. The van der Waals surface area contributed by atoms with E-state index >= 15 is 0 Å². The summed E-state index contributed by atoms with van der Waals surface area (Å²) in [5.74, 6) is 0.675. The third-order valence-corrected chi connectivity index (χ3v) is 2.66. The molecule has 5 nitrogen and oxygen atoms in total. The SMILES string of the molecule is Cc1cnc(C(N)Cc2cc(C)nn2C)nc1. The van der Waals surface area contributed by atoms with E-state index in [1.165, 1.54) is 0 Å². The van der Waals surface area contributed by atoms with Gasteiger partial charge in [-0.1, -0.05) is 0 Å². The Morgan fingerprint density at radius 1 is 1.29 bits per heavy atom. The molecule has 0 saturated heterocycles. The first kappa shape index (κ1) is 11.7. The number of aromatic nitrogens is 4. The van der Waals surface area contributed by atoms with Gasteiger partial charge in [-0.3, -0.25) is 4.68 Å². The molecule has 0 saturated carbocycles. The highest BCUT2D eigenvalue weighted by Crippen LogP contribution is 2.12. The quantitative estimate of drug-likeness (QED) is 0.857. The Morgan fingerprint density at radius 2 is 1.94 bits per heavy atom. The van der Waals surface area contributed by atoms with Crippen molar-refractivity contribution in [2.45, 2.75) is 26.3 Å². The summed E-state index contributed by atoms with van der Waals surface area (Å²) < 4.78 is 1.85. The Hall–Kier alpha value is -1.75. The maximum Gasteiger partial charge on any atom is 0.145 e. The second-order valence-electron chi connectivity index (χ2n) is 4.33. The second-order valence-corrected chi connectivity index (χ2v) is 4.33. The molecule has 2 rings (SSSR count). The second kappa shape index (κ2) is 4.63. The molecule has 0 spiro atoms. The molecular formula is C12H17N5. The van der Waals surface area contributed by atoms with E-state index in [0.717, 1.165) is 17.0 Å². The topological polar surface area (TPSA) is 69.6 Å². The first-order valence-corrected chi connectivity index (χ1v) is 5.60. The zero-order chi connectivity index (χ0) is 12.4. The van der Waals surface area contributed by atoms with E-state index in [1.54, 1.807) is 12.4 Å². The van der Waals surface area contributed by atoms with Crippen molar-refractivity contribution in [1.82, 2.24) is 19.7 Å². The minimum absolute atomic E-state index is 0.189. The lowest BCUT2D eigenvalue weighted by molar-refractivity contribution is 0.613. The summed E-state index contributed by atoms with van der Waals surface area (Å²) in [6.07, 6.45) is 4.27. The van der Waals surface area contributed by atoms with Crippen molar-refractivity contribution >= 4 is 0 Å². The fraction of sp³-hybridized carbons (Fsp3) is 0.417. The molecule has 0 bridgehead atoms. The van der Waals surface area contributed by atoms with E-state index in [2.05, 4.69) is 15.1 Å². The molecule has 2 aromatic rings. The predicted molar refractivity (Wildman–Crippen MR) is 65.3 cm³/mol. The van der Waals surface area contributed by atoms with Crippen molar-refractivity contribution in [3.63, 3.8) is 0 Å². The maximum absolute atomic E-state index is 6.09. The molecule has 0 radical (unpaired) electrons. The molecule has 2 N–H and O–H groups in total. The molecular weight excluding hydrogens is 214 g/mol. The smallest absolute Gasteiger partial charge is 0.145 e. The van der Waals surface area contributed by atoms with Crippen LogP contribution in [0.15, 0.2) is 18.5 Å². The standard InChI is InChI=1S/C12H17N5/c1-8-6-14-12(15-7-8)11(13)5-10-4-9(2)16-17(10)3/h4,6-7,11H,5,13H2,1-3H3. The molecule has 0 fully saturated rings. The molecule has 2 aromatic heterocycles. The Balaban J connectivity index is 2.13. The summed E-state index contributed by atoms with van der Waals surface area (Å²) >= 11 is 0. The zero-order valence-corrected chi connectivity index (χ0v) is 10.4. The summed E-state index contributed by atoms with van der Waals surface area (Å²) in [7, 11) is 1.92. The molecule has 1 atom stereocenters. The van der Waals surface area contributed by atoms with Crippen molar-refractivity contribution in [1.29, 1.82) is 0 Å². The summed E-state index contributed by atoms with van der Waals surface area (Å²) in [6, 6.07) is 1.85. The van der Waals surface area contributed by atoms with E-state index in [0.29, 0.717) is 12.2 Å². The van der Waals surface area contributed by atoms with Crippen molar-refractivity contribution in [3.05, 3.63) is 41.2 Å². The fourth-order valence-corrected chi connectivity index (χ4v) is 1.77. The van der Waals surface area contributed by atoms with Gasteiger partial charge in [0.1, 0.15) is 5.82 Å². The summed E-state index contributed by atoms with van der Waals surface area (Å²) in [5.41, 5.74) is 9.22. The van der Waals surface area contributed by atoms with E-state index in [4.69, 9.17) is 5.73 Å². The van der Waals surface area contributed by atoms with Crippen LogP contribution in [0.4, 0.5) is 0 Å². The lowest BCUT2D eigenvalue weighted by Gasteiger charge is -2.10. The highest BCUT2D eigenvalue weighted by atomic mass is 15.3. The van der Waals surface area contributed by atoms with Crippen LogP contribution in [0, 0.1) is 13.8 Å². The van der Waals surface area contributed by atoms with Crippen molar-refractivity contribution in [3.8, 4) is 0 Å². The van der Waals surface area contributed by atoms with Crippen LogP contribution in [-0.2, 0) is 13.5 Å². The molecule has 5 heteroatoms. The van der Waals surface area contributed by atoms with Crippen LogP contribution in [0.25, 0.3) is 0 Å². The minimum atomic E-state index is -0.189. The number of aryl methyl sites for hydroxylation is 3. The number of hydrogen-bond donors (Lipinski definition) is 1. The minimum Gasteiger partial charge on any atom is -0.321 e. The molecule has 1 unspecified atom stereocenters. The van der Waals surface area contributed by atoms with Gasteiger partial charge in [0.2, 0.25) is 0 Å². The van der Waals surface area contributed by atoms with Crippen LogP contribution < -0.4 is 5.73 Å². The summed E-state index contributed by atoms with van der Waals surface area (Å²) in [4.78, 5) is 8.49. The van der Waals surface area contributed by atoms with Gasteiger partial charge in [-0.2, -0.15) is 5.10 Å². The van der Waals surface area contributed by atoms with Crippen LogP contribution in [-0.4, -0.2) is 19.7 Å². The number of rotatable bonds is 3. The van der Waals surface area contributed by atoms with Crippen molar-refractivity contribution in [2.24, 2.45) is 12.8 Å². The summed E-state index contributed by atoms with van der Waals surface area (Å²) in [5, 5.41) is 4.29. The van der Waals surface area contributed by atoms with Gasteiger partial charge in [-0.15, -0.1) is 0 Å². The first-order valence-electron chi connectivity index (χ1n) is 5.60. The van der Waals surface area contributed by atoms with Crippen LogP contribution in [0.3, 0.4) is 0 Å². The number of nitrogens with zero attached hydrogens (tertiary/aromatic N) is 4. The third kappa shape index (κ3) is 2.68. The van der Waals surface area contributed by atoms with Gasteiger partial charge in [-0.25, -0.2) is 9.97 Å². The largest absolute Gasteiger partial charge is 0.321 e. The number of hydrogen-bond acceptors (Lipinski definition) is 4. The van der Waals surface area contributed by atoms with Crippen LogP contribution in [0.1, 0.15) is 28.8 Å². The van der Waals surface area contributed by atoms with Gasteiger partial charge in [0.25, 0.3) is 0 Å². The van der Waals surface area contributed by atoms with Gasteiger partial charge < -0.3 is 5.73 Å². The van der Waals surface area contributed by atoms with Gasteiger partial charge >= 0.3 is 0 Å². The lowest BCUT2D eigenvalue weighted by atomic mass is 10.1. The normalized spacial score (nSPS) is 12.7. The van der Waals surface area contributed by atoms with E-state index in [-0.39, 0.29) is 6.04 Å². The van der Waals surface area contributed by atoms with E-state index in [9.17, 15) is 0 Å². The molecule has 0 amide bonds. The van der Waals surface area contributed by atoms with E-state index in [1.807, 2.05) is 31.6 Å². The average molecular weight is 231 g/mol. The molecule has 0 aromatic carbocycles. The Morgan fingerprint density at radius 3 is 2.47 bits per heavy atom. The Labute approximate surface area is 101 Å². The number of nitrogens with two attached hydrogens (primary N) is 1. The van der Waals surface area contributed by atoms with Gasteiger partial charge in [0, 0.05) is 31.6 Å². The van der Waals surface area contributed by atoms with Crippen LogP contribution >= 0.6 is 0 Å². The zero-order valence-electron chi connectivity index (χ0n) is 10.4.